The van der Waals surface area contributed by atoms with E-state index in [1.54, 1.807) is 0 Å². The zero-order valence-electron chi connectivity index (χ0n) is 9.90. The first-order valence-electron chi connectivity index (χ1n) is 5.00. The van der Waals surface area contributed by atoms with Crippen LogP contribution >= 0.6 is 0 Å². The molecule has 4 heteroatoms. The lowest BCUT2D eigenvalue weighted by atomic mass is 9.98. The molecule has 0 aliphatic heterocycles. The molecule has 0 heterocycles. The molecular formula is C12H16O4. The lowest BCUT2D eigenvalue weighted by molar-refractivity contribution is 0.0696. The van der Waals surface area contributed by atoms with Crippen molar-refractivity contribution in [3.63, 3.8) is 0 Å². The normalized spacial score (nSPS) is 10.3. The molecule has 0 unspecified atom stereocenters. The van der Waals surface area contributed by atoms with Gasteiger partial charge in [0.25, 0.3) is 0 Å². The van der Waals surface area contributed by atoms with E-state index in [9.17, 15) is 4.79 Å². The Morgan fingerprint density at radius 2 is 1.62 bits per heavy atom. The summed E-state index contributed by atoms with van der Waals surface area (Å²) in [5.41, 5.74) is 1.05. The fourth-order valence-corrected chi connectivity index (χ4v) is 1.63. The quantitative estimate of drug-likeness (QED) is 0.853. The molecule has 1 N–H and O–H groups in total. The van der Waals surface area contributed by atoms with E-state index in [0.29, 0.717) is 11.5 Å². The van der Waals surface area contributed by atoms with E-state index in [1.165, 1.54) is 26.4 Å². The number of hydrogen-bond acceptors (Lipinski definition) is 3. The first kappa shape index (κ1) is 12.4. The number of carboxylic acids is 1. The third-order valence-electron chi connectivity index (χ3n) is 2.37. The van der Waals surface area contributed by atoms with Gasteiger partial charge < -0.3 is 14.6 Å². The number of carboxylic acid groups (broad SMARTS) is 1. The van der Waals surface area contributed by atoms with Crippen LogP contribution in [0.5, 0.6) is 11.5 Å². The zero-order chi connectivity index (χ0) is 12.3. The van der Waals surface area contributed by atoms with E-state index in [2.05, 4.69) is 0 Å². The van der Waals surface area contributed by atoms with Crippen molar-refractivity contribution in [3.8, 4) is 11.5 Å². The summed E-state index contributed by atoms with van der Waals surface area (Å²) >= 11 is 0. The van der Waals surface area contributed by atoms with Crippen LogP contribution in [0.25, 0.3) is 0 Å². The Morgan fingerprint density at radius 1 is 1.19 bits per heavy atom. The van der Waals surface area contributed by atoms with Crippen LogP contribution in [0.1, 0.15) is 35.7 Å². The molecule has 0 spiro atoms. The topological polar surface area (TPSA) is 55.8 Å². The molecule has 0 amide bonds. The van der Waals surface area contributed by atoms with Crippen molar-refractivity contribution in [2.75, 3.05) is 14.2 Å². The Balaban J connectivity index is 3.42. The maximum absolute atomic E-state index is 10.9. The number of rotatable bonds is 4. The number of ether oxygens (including phenoxy) is 2. The van der Waals surface area contributed by atoms with Crippen LogP contribution in [0.15, 0.2) is 12.1 Å². The van der Waals surface area contributed by atoms with E-state index < -0.39 is 5.97 Å². The summed E-state index contributed by atoms with van der Waals surface area (Å²) in [5.74, 6) is 0.304. The monoisotopic (exact) mass is 224 g/mol. The van der Waals surface area contributed by atoms with Crippen LogP contribution in [0.2, 0.25) is 0 Å². The van der Waals surface area contributed by atoms with E-state index in [-0.39, 0.29) is 11.5 Å². The number of benzene rings is 1. The van der Waals surface area contributed by atoms with Gasteiger partial charge in [0.2, 0.25) is 0 Å². The zero-order valence-corrected chi connectivity index (χ0v) is 9.90. The highest BCUT2D eigenvalue weighted by Crippen LogP contribution is 2.36. The molecule has 1 aromatic rings. The first-order chi connectivity index (χ1) is 7.51. The number of carbonyl (C=O) groups is 1. The largest absolute Gasteiger partial charge is 0.496 e. The average molecular weight is 224 g/mol. The Hall–Kier alpha value is -1.71. The van der Waals surface area contributed by atoms with E-state index in [4.69, 9.17) is 14.6 Å². The maximum atomic E-state index is 10.9. The molecule has 0 saturated heterocycles. The summed E-state index contributed by atoms with van der Waals surface area (Å²) in [4.78, 5) is 10.9. The molecule has 0 saturated carbocycles. The van der Waals surface area contributed by atoms with Crippen molar-refractivity contribution >= 4 is 5.97 Å². The van der Waals surface area contributed by atoms with Gasteiger partial charge in [-0.15, -0.1) is 0 Å². The smallest absolute Gasteiger partial charge is 0.335 e. The van der Waals surface area contributed by atoms with Crippen molar-refractivity contribution in [1.29, 1.82) is 0 Å². The Labute approximate surface area is 94.8 Å². The first-order valence-corrected chi connectivity index (χ1v) is 5.00. The van der Waals surface area contributed by atoms with Gasteiger partial charge in [-0.3, -0.25) is 0 Å². The van der Waals surface area contributed by atoms with Crippen LogP contribution < -0.4 is 9.47 Å². The molecule has 0 atom stereocenters. The SMILES string of the molecule is COc1cc(C(=O)O)cc(OC)c1C(C)C. The Morgan fingerprint density at radius 3 is 1.88 bits per heavy atom. The predicted octanol–water partition coefficient (Wildman–Crippen LogP) is 2.53. The Bertz CT molecular complexity index is 371. The van der Waals surface area contributed by atoms with Crippen LogP contribution in [0, 0.1) is 0 Å². The van der Waals surface area contributed by atoms with Gasteiger partial charge in [0.05, 0.1) is 19.8 Å². The maximum Gasteiger partial charge on any atom is 0.335 e. The van der Waals surface area contributed by atoms with Crippen molar-refractivity contribution in [2.45, 2.75) is 19.8 Å². The summed E-state index contributed by atoms with van der Waals surface area (Å²) < 4.78 is 10.4. The highest BCUT2D eigenvalue weighted by Gasteiger charge is 2.17. The highest BCUT2D eigenvalue weighted by atomic mass is 16.5. The molecule has 0 radical (unpaired) electrons. The summed E-state index contributed by atoms with van der Waals surface area (Å²) in [5, 5.41) is 8.94. The van der Waals surface area contributed by atoms with Crippen molar-refractivity contribution in [3.05, 3.63) is 23.3 Å². The molecule has 0 aliphatic carbocycles. The van der Waals surface area contributed by atoms with Crippen LogP contribution in [0.3, 0.4) is 0 Å². The number of hydrogen-bond donors (Lipinski definition) is 1. The minimum absolute atomic E-state index is 0.165. The second-order valence-corrected chi connectivity index (χ2v) is 3.75. The predicted molar refractivity (Wildman–Crippen MR) is 60.6 cm³/mol. The third-order valence-corrected chi connectivity index (χ3v) is 2.37. The lowest BCUT2D eigenvalue weighted by Gasteiger charge is -2.16. The van der Waals surface area contributed by atoms with Gasteiger partial charge in [0.15, 0.2) is 0 Å². The summed E-state index contributed by atoms with van der Waals surface area (Å²) in [6.45, 7) is 4.00. The summed E-state index contributed by atoms with van der Waals surface area (Å²) in [7, 11) is 3.04. The van der Waals surface area contributed by atoms with Crippen molar-refractivity contribution < 1.29 is 19.4 Å². The minimum Gasteiger partial charge on any atom is -0.496 e. The van der Waals surface area contributed by atoms with Crippen LogP contribution in [0.4, 0.5) is 0 Å². The van der Waals surface area contributed by atoms with Crippen LogP contribution in [-0.2, 0) is 0 Å². The van der Waals surface area contributed by atoms with Crippen molar-refractivity contribution in [1.82, 2.24) is 0 Å². The molecule has 4 nitrogen and oxygen atoms in total. The molecule has 16 heavy (non-hydrogen) atoms. The molecule has 0 aliphatic rings. The van der Waals surface area contributed by atoms with E-state index >= 15 is 0 Å². The van der Waals surface area contributed by atoms with Gasteiger partial charge in [0.1, 0.15) is 11.5 Å². The second-order valence-electron chi connectivity index (χ2n) is 3.75. The minimum atomic E-state index is -0.994. The fourth-order valence-electron chi connectivity index (χ4n) is 1.63. The third kappa shape index (κ3) is 2.27. The summed E-state index contributed by atoms with van der Waals surface area (Å²) in [6, 6.07) is 3.03. The standard InChI is InChI=1S/C12H16O4/c1-7(2)11-9(15-3)5-8(12(13)14)6-10(11)16-4/h5-7H,1-4H3,(H,13,14). The van der Waals surface area contributed by atoms with Gasteiger partial charge in [-0.05, 0) is 18.1 Å². The summed E-state index contributed by atoms with van der Waals surface area (Å²) in [6.07, 6.45) is 0. The van der Waals surface area contributed by atoms with Gasteiger partial charge in [-0.2, -0.15) is 0 Å². The van der Waals surface area contributed by atoms with Gasteiger partial charge >= 0.3 is 5.97 Å². The number of methoxy groups -OCH3 is 2. The molecule has 88 valence electrons. The highest BCUT2D eigenvalue weighted by molar-refractivity contribution is 5.89. The lowest BCUT2D eigenvalue weighted by Crippen LogP contribution is -2.03. The van der Waals surface area contributed by atoms with Gasteiger partial charge in [0, 0.05) is 5.56 Å². The number of aromatic carboxylic acids is 1. The fraction of sp³-hybridized carbons (Fsp3) is 0.417. The van der Waals surface area contributed by atoms with Crippen LogP contribution in [-0.4, -0.2) is 25.3 Å². The average Bonchev–Trinajstić information content (AvgIpc) is 2.26. The Kier molecular flexibility index (Phi) is 3.77. The van der Waals surface area contributed by atoms with E-state index in [0.717, 1.165) is 5.56 Å². The molecule has 1 aromatic carbocycles. The second kappa shape index (κ2) is 4.88. The molecule has 0 aromatic heterocycles. The van der Waals surface area contributed by atoms with Crippen molar-refractivity contribution in [2.24, 2.45) is 0 Å². The molecule has 0 bridgehead atoms. The molecule has 1 rings (SSSR count). The molecule has 0 fully saturated rings. The van der Waals surface area contributed by atoms with Gasteiger partial charge in [-0.25, -0.2) is 4.79 Å². The van der Waals surface area contributed by atoms with E-state index in [1.807, 2.05) is 13.8 Å². The van der Waals surface area contributed by atoms with Gasteiger partial charge in [-0.1, -0.05) is 13.8 Å². The molecular weight excluding hydrogens is 208 g/mol.